The molecule has 2 aromatic heterocycles. The van der Waals surface area contributed by atoms with Gasteiger partial charge in [0.2, 0.25) is 0 Å². The highest BCUT2D eigenvalue weighted by molar-refractivity contribution is 6.36. The van der Waals surface area contributed by atoms with Gasteiger partial charge < -0.3 is 5.32 Å². The van der Waals surface area contributed by atoms with Crippen LogP contribution in [-0.2, 0) is 0 Å². The van der Waals surface area contributed by atoms with Crippen molar-refractivity contribution in [2.45, 2.75) is 13.8 Å². The van der Waals surface area contributed by atoms with Gasteiger partial charge in [-0.05, 0) is 37.6 Å². The lowest BCUT2D eigenvalue weighted by molar-refractivity contribution is 0.252. The van der Waals surface area contributed by atoms with E-state index in [1.807, 2.05) is 13.0 Å². The summed E-state index contributed by atoms with van der Waals surface area (Å²) in [5.74, 6) is -0.193. The molecule has 7 heteroatoms. The van der Waals surface area contributed by atoms with Gasteiger partial charge in [-0.25, -0.2) is 14.2 Å². The smallest absolute Gasteiger partial charge is 0.320 e. The SMILES string of the molecule is CCNC(=O)Nc1cc2c(F)c(-c3cncc(C)c3)cc(Cl)c2cn1. The molecular weight excluding hydrogens is 343 g/mol. The van der Waals surface area contributed by atoms with Gasteiger partial charge in [-0.15, -0.1) is 0 Å². The van der Waals surface area contributed by atoms with Gasteiger partial charge in [0.15, 0.2) is 0 Å². The van der Waals surface area contributed by atoms with Crippen LogP contribution >= 0.6 is 11.6 Å². The fourth-order valence-corrected chi connectivity index (χ4v) is 2.80. The summed E-state index contributed by atoms with van der Waals surface area (Å²) >= 11 is 6.30. The summed E-state index contributed by atoms with van der Waals surface area (Å²) in [5, 5.41) is 6.30. The normalized spacial score (nSPS) is 10.7. The number of halogens is 2. The molecule has 0 radical (unpaired) electrons. The Balaban J connectivity index is 2.12. The van der Waals surface area contributed by atoms with E-state index >= 15 is 4.39 Å². The Morgan fingerprint density at radius 3 is 2.72 bits per heavy atom. The molecule has 1 aromatic carbocycles. The maximum absolute atomic E-state index is 15.1. The topological polar surface area (TPSA) is 66.9 Å². The highest BCUT2D eigenvalue weighted by Gasteiger charge is 2.15. The first kappa shape index (κ1) is 17.1. The van der Waals surface area contributed by atoms with Gasteiger partial charge in [0.1, 0.15) is 11.6 Å². The predicted molar refractivity (Wildman–Crippen MR) is 97.4 cm³/mol. The van der Waals surface area contributed by atoms with Crippen LogP contribution in [0, 0.1) is 12.7 Å². The van der Waals surface area contributed by atoms with Crippen LogP contribution < -0.4 is 10.6 Å². The van der Waals surface area contributed by atoms with Crippen LogP contribution in [-0.4, -0.2) is 22.5 Å². The molecule has 2 N–H and O–H groups in total. The van der Waals surface area contributed by atoms with Crippen molar-refractivity contribution in [3.05, 3.63) is 53.2 Å². The van der Waals surface area contributed by atoms with E-state index in [4.69, 9.17) is 11.6 Å². The van der Waals surface area contributed by atoms with E-state index in [0.717, 1.165) is 5.56 Å². The summed E-state index contributed by atoms with van der Waals surface area (Å²) in [6.07, 6.45) is 4.73. The number of pyridine rings is 2. The molecule has 0 aliphatic carbocycles. The lowest BCUT2D eigenvalue weighted by Crippen LogP contribution is -2.28. The minimum Gasteiger partial charge on any atom is -0.338 e. The van der Waals surface area contributed by atoms with Gasteiger partial charge in [-0.2, -0.15) is 0 Å². The zero-order chi connectivity index (χ0) is 18.0. The van der Waals surface area contributed by atoms with E-state index in [-0.39, 0.29) is 11.2 Å². The molecule has 2 amide bonds. The predicted octanol–water partition coefficient (Wildman–Crippen LogP) is 4.54. The molecule has 0 spiro atoms. The molecule has 3 rings (SSSR count). The van der Waals surface area contributed by atoms with Crippen molar-refractivity contribution in [3.63, 3.8) is 0 Å². The molecule has 128 valence electrons. The Labute approximate surface area is 149 Å². The summed E-state index contributed by atoms with van der Waals surface area (Å²) in [5.41, 5.74) is 1.90. The molecule has 25 heavy (non-hydrogen) atoms. The van der Waals surface area contributed by atoms with Crippen molar-refractivity contribution in [2.75, 3.05) is 11.9 Å². The first-order valence-electron chi connectivity index (χ1n) is 7.74. The summed E-state index contributed by atoms with van der Waals surface area (Å²) in [7, 11) is 0. The molecule has 5 nitrogen and oxygen atoms in total. The van der Waals surface area contributed by atoms with Gasteiger partial charge in [0.05, 0.1) is 5.02 Å². The lowest BCUT2D eigenvalue weighted by Gasteiger charge is -2.11. The Kier molecular flexibility index (Phi) is 4.81. The van der Waals surface area contributed by atoms with Crippen LogP contribution in [0.15, 0.2) is 36.8 Å². The van der Waals surface area contributed by atoms with Crippen LogP contribution in [0.25, 0.3) is 21.9 Å². The highest BCUT2D eigenvalue weighted by Crippen LogP contribution is 2.34. The van der Waals surface area contributed by atoms with Crippen LogP contribution in [0.5, 0.6) is 0 Å². The van der Waals surface area contributed by atoms with Crippen LogP contribution in [0.1, 0.15) is 12.5 Å². The number of hydrogen-bond donors (Lipinski definition) is 2. The maximum atomic E-state index is 15.1. The van der Waals surface area contributed by atoms with Gasteiger partial charge in [0, 0.05) is 47.0 Å². The second kappa shape index (κ2) is 7.03. The largest absolute Gasteiger partial charge is 0.338 e. The quantitative estimate of drug-likeness (QED) is 0.722. The number of hydrogen-bond acceptors (Lipinski definition) is 3. The number of nitrogens with zero attached hydrogens (tertiary/aromatic N) is 2. The fraction of sp³-hybridized carbons (Fsp3) is 0.167. The number of carbonyl (C=O) groups is 1. The minimum absolute atomic E-state index is 0.243. The van der Waals surface area contributed by atoms with Crippen molar-refractivity contribution in [1.82, 2.24) is 15.3 Å². The highest BCUT2D eigenvalue weighted by atomic mass is 35.5. The van der Waals surface area contributed by atoms with Gasteiger partial charge in [0.25, 0.3) is 0 Å². The van der Waals surface area contributed by atoms with E-state index < -0.39 is 11.8 Å². The molecule has 0 bridgehead atoms. The summed E-state index contributed by atoms with van der Waals surface area (Å²) < 4.78 is 15.1. The van der Waals surface area contributed by atoms with Crippen molar-refractivity contribution >= 4 is 34.2 Å². The molecule has 2 heterocycles. The number of benzene rings is 1. The number of amides is 2. The first-order chi connectivity index (χ1) is 12.0. The van der Waals surface area contributed by atoms with Gasteiger partial charge in [-0.1, -0.05) is 11.6 Å². The standard InChI is InChI=1S/C18H16ClFN4O/c1-3-22-18(25)24-16-6-13-14(9-23-16)15(19)5-12(17(13)20)11-4-10(2)7-21-8-11/h4-9H,3H2,1-2H3,(H2,22,23,24,25). The molecule has 0 unspecified atom stereocenters. The van der Waals surface area contributed by atoms with Crippen LogP contribution in [0.3, 0.4) is 0 Å². The molecule has 0 aliphatic heterocycles. The molecule has 0 saturated carbocycles. The van der Waals surface area contributed by atoms with Crippen molar-refractivity contribution in [2.24, 2.45) is 0 Å². The van der Waals surface area contributed by atoms with Crippen molar-refractivity contribution in [1.29, 1.82) is 0 Å². The molecule has 0 fully saturated rings. The first-order valence-corrected chi connectivity index (χ1v) is 8.12. The molecule has 0 saturated heterocycles. The van der Waals surface area contributed by atoms with Gasteiger partial charge in [-0.3, -0.25) is 10.3 Å². The third-order valence-corrected chi connectivity index (χ3v) is 3.98. The Hall–Kier alpha value is -2.73. The van der Waals surface area contributed by atoms with Crippen LogP contribution in [0.2, 0.25) is 5.02 Å². The van der Waals surface area contributed by atoms with Gasteiger partial charge >= 0.3 is 6.03 Å². The lowest BCUT2D eigenvalue weighted by atomic mass is 10.0. The monoisotopic (exact) mass is 358 g/mol. The summed E-state index contributed by atoms with van der Waals surface area (Å²) in [4.78, 5) is 19.8. The van der Waals surface area contributed by atoms with E-state index in [1.54, 1.807) is 25.4 Å². The Morgan fingerprint density at radius 2 is 2.00 bits per heavy atom. The number of fused-ring (bicyclic) bond motifs is 1. The van der Waals surface area contributed by atoms with E-state index in [0.29, 0.717) is 28.1 Å². The van der Waals surface area contributed by atoms with E-state index in [1.165, 1.54) is 12.3 Å². The van der Waals surface area contributed by atoms with E-state index in [9.17, 15) is 4.79 Å². The van der Waals surface area contributed by atoms with Crippen molar-refractivity contribution < 1.29 is 9.18 Å². The molecule has 3 aromatic rings. The number of aromatic nitrogens is 2. The number of aryl methyl sites for hydroxylation is 1. The van der Waals surface area contributed by atoms with E-state index in [2.05, 4.69) is 20.6 Å². The van der Waals surface area contributed by atoms with Crippen LogP contribution in [0.4, 0.5) is 15.0 Å². The Bertz CT molecular complexity index is 961. The summed E-state index contributed by atoms with van der Waals surface area (Å²) in [6, 6.07) is 4.47. The van der Waals surface area contributed by atoms with Crippen molar-refractivity contribution in [3.8, 4) is 11.1 Å². The fourth-order valence-electron chi connectivity index (χ4n) is 2.54. The maximum Gasteiger partial charge on any atom is 0.320 e. The zero-order valence-corrected chi connectivity index (χ0v) is 14.5. The third kappa shape index (κ3) is 3.53. The Morgan fingerprint density at radius 1 is 1.20 bits per heavy atom. The average Bonchev–Trinajstić information content (AvgIpc) is 2.58. The average molecular weight is 359 g/mol. The minimum atomic E-state index is -0.437. The molecular formula is C18H16ClFN4O. The molecule has 0 aliphatic rings. The number of anilines is 1. The summed E-state index contributed by atoms with van der Waals surface area (Å²) in [6.45, 7) is 4.16. The zero-order valence-electron chi connectivity index (χ0n) is 13.7. The number of rotatable bonds is 3. The third-order valence-electron chi connectivity index (χ3n) is 3.67. The molecule has 0 atom stereocenters. The number of nitrogens with one attached hydrogen (secondary N) is 2. The number of carbonyl (C=O) groups excluding carboxylic acids is 1. The number of urea groups is 1. The second-order valence-corrected chi connectivity index (χ2v) is 5.98. The second-order valence-electron chi connectivity index (χ2n) is 5.57.